The van der Waals surface area contributed by atoms with Crippen molar-refractivity contribution in [2.75, 3.05) is 6.54 Å². The molecule has 7 heteroatoms. The third-order valence-corrected chi connectivity index (χ3v) is 3.52. The first-order valence-corrected chi connectivity index (χ1v) is 7.87. The number of halogens is 1. The Hall–Kier alpha value is -2.08. The van der Waals surface area contributed by atoms with Gasteiger partial charge in [0.25, 0.3) is 5.91 Å². The van der Waals surface area contributed by atoms with E-state index in [9.17, 15) is 9.90 Å². The van der Waals surface area contributed by atoms with Crippen molar-refractivity contribution in [1.29, 1.82) is 0 Å². The summed E-state index contributed by atoms with van der Waals surface area (Å²) in [5.41, 5.74) is 0.196. The van der Waals surface area contributed by atoms with Crippen LogP contribution < -0.4 is 0 Å². The van der Waals surface area contributed by atoms with E-state index in [-0.39, 0.29) is 23.8 Å². The number of nitrogens with zero attached hydrogens (tertiary/aromatic N) is 3. The van der Waals surface area contributed by atoms with Crippen LogP contribution in [0.2, 0.25) is 5.02 Å². The molecular weight excluding hydrogens is 318 g/mol. The van der Waals surface area contributed by atoms with Gasteiger partial charge in [-0.15, -0.1) is 0 Å². The average molecular weight is 338 g/mol. The van der Waals surface area contributed by atoms with Crippen LogP contribution in [0.4, 0.5) is 0 Å². The molecular formula is C16H20ClN3O3. The van der Waals surface area contributed by atoms with E-state index in [4.69, 9.17) is 16.1 Å². The van der Waals surface area contributed by atoms with Crippen LogP contribution in [0.15, 0.2) is 22.7 Å². The first kappa shape index (κ1) is 17.3. The standard InChI is InChI=1S/C16H20ClN3O3/c1-4-20(9-14-18-15(23-19-14)7-10(2)3)16(22)12-6-5-11(17)8-13(12)21/h5-6,8,10,21H,4,7,9H2,1-3H3. The van der Waals surface area contributed by atoms with Crippen molar-refractivity contribution in [3.63, 3.8) is 0 Å². The van der Waals surface area contributed by atoms with E-state index in [0.717, 1.165) is 0 Å². The van der Waals surface area contributed by atoms with Gasteiger partial charge in [0.05, 0.1) is 12.1 Å². The van der Waals surface area contributed by atoms with E-state index in [1.807, 2.05) is 6.92 Å². The molecule has 1 aromatic heterocycles. The van der Waals surface area contributed by atoms with Gasteiger partial charge in [0.15, 0.2) is 5.82 Å². The molecule has 0 aliphatic rings. The fourth-order valence-electron chi connectivity index (χ4n) is 2.14. The average Bonchev–Trinajstić information content (AvgIpc) is 2.90. The van der Waals surface area contributed by atoms with E-state index < -0.39 is 0 Å². The Kier molecular flexibility index (Phi) is 5.60. The third kappa shape index (κ3) is 4.45. The monoisotopic (exact) mass is 337 g/mol. The Bertz CT molecular complexity index is 685. The molecule has 0 aliphatic carbocycles. The number of hydrogen-bond acceptors (Lipinski definition) is 5. The highest BCUT2D eigenvalue weighted by molar-refractivity contribution is 6.30. The Morgan fingerprint density at radius 2 is 2.17 bits per heavy atom. The quantitative estimate of drug-likeness (QED) is 0.874. The molecule has 124 valence electrons. The van der Waals surface area contributed by atoms with Crippen LogP contribution in [-0.4, -0.2) is 32.6 Å². The number of phenolic OH excluding ortho intramolecular Hbond substituents is 1. The van der Waals surface area contributed by atoms with Crippen molar-refractivity contribution in [3.8, 4) is 5.75 Å². The van der Waals surface area contributed by atoms with Crippen LogP contribution >= 0.6 is 11.6 Å². The Morgan fingerprint density at radius 1 is 1.43 bits per heavy atom. The zero-order valence-electron chi connectivity index (χ0n) is 13.4. The van der Waals surface area contributed by atoms with Gasteiger partial charge in [-0.1, -0.05) is 30.6 Å². The number of aromatic hydroxyl groups is 1. The van der Waals surface area contributed by atoms with E-state index in [1.165, 1.54) is 17.0 Å². The molecule has 1 heterocycles. The minimum absolute atomic E-state index is 0.144. The molecule has 0 fully saturated rings. The molecule has 23 heavy (non-hydrogen) atoms. The molecule has 0 bridgehead atoms. The molecule has 0 spiro atoms. The van der Waals surface area contributed by atoms with Gasteiger partial charge in [-0.3, -0.25) is 4.79 Å². The van der Waals surface area contributed by atoms with Gasteiger partial charge in [-0.2, -0.15) is 4.98 Å². The SMILES string of the molecule is CCN(Cc1noc(CC(C)C)n1)C(=O)c1ccc(Cl)cc1O. The van der Waals surface area contributed by atoms with Crippen LogP contribution in [0.5, 0.6) is 5.75 Å². The lowest BCUT2D eigenvalue weighted by atomic mass is 10.1. The van der Waals surface area contributed by atoms with E-state index in [2.05, 4.69) is 24.0 Å². The van der Waals surface area contributed by atoms with E-state index in [0.29, 0.717) is 35.6 Å². The Morgan fingerprint density at radius 3 is 2.78 bits per heavy atom. The van der Waals surface area contributed by atoms with Gasteiger partial charge in [0.2, 0.25) is 5.89 Å². The normalized spacial score (nSPS) is 11.0. The second-order valence-corrected chi connectivity index (χ2v) is 6.12. The zero-order valence-corrected chi connectivity index (χ0v) is 14.2. The van der Waals surface area contributed by atoms with Crippen molar-refractivity contribution in [1.82, 2.24) is 15.0 Å². The highest BCUT2D eigenvalue weighted by atomic mass is 35.5. The summed E-state index contributed by atoms with van der Waals surface area (Å²) >= 11 is 5.79. The van der Waals surface area contributed by atoms with Crippen molar-refractivity contribution >= 4 is 17.5 Å². The fraction of sp³-hybridized carbons (Fsp3) is 0.438. The second kappa shape index (κ2) is 7.46. The third-order valence-electron chi connectivity index (χ3n) is 3.28. The number of phenols is 1. The zero-order chi connectivity index (χ0) is 17.0. The van der Waals surface area contributed by atoms with E-state index in [1.54, 1.807) is 6.07 Å². The smallest absolute Gasteiger partial charge is 0.258 e. The summed E-state index contributed by atoms with van der Waals surface area (Å²) in [6, 6.07) is 4.41. The van der Waals surface area contributed by atoms with Crippen molar-refractivity contribution in [2.45, 2.75) is 33.7 Å². The summed E-state index contributed by atoms with van der Waals surface area (Å²) in [6.45, 7) is 6.65. The highest BCUT2D eigenvalue weighted by Crippen LogP contribution is 2.23. The lowest BCUT2D eigenvalue weighted by Crippen LogP contribution is -2.30. The molecule has 0 atom stereocenters. The Labute approximate surface area is 140 Å². The van der Waals surface area contributed by atoms with Crippen molar-refractivity contribution < 1.29 is 14.4 Å². The molecule has 2 rings (SSSR count). The molecule has 0 saturated carbocycles. The number of carbonyl (C=O) groups excluding carboxylic acids is 1. The maximum Gasteiger partial charge on any atom is 0.258 e. The molecule has 6 nitrogen and oxygen atoms in total. The minimum atomic E-state index is -0.308. The van der Waals surface area contributed by atoms with Gasteiger partial charge >= 0.3 is 0 Å². The fourth-order valence-corrected chi connectivity index (χ4v) is 2.31. The van der Waals surface area contributed by atoms with Crippen LogP contribution in [0, 0.1) is 5.92 Å². The predicted octanol–water partition coefficient (Wildman–Crippen LogP) is 3.29. The van der Waals surface area contributed by atoms with Gasteiger partial charge in [-0.05, 0) is 31.0 Å². The summed E-state index contributed by atoms with van der Waals surface area (Å²) in [5, 5.41) is 14.2. The first-order chi connectivity index (χ1) is 10.9. The van der Waals surface area contributed by atoms with Gasteiger partial charge in [0.1, 0.15) is 5.75 Å². The summed E-state index contributed by atoms with van der Waals surface area (Å²) in [7, 11) is 0. The van der Waals surface area contributed by atoms with Gasteiger partial charge in [-0.25, -0.2) is 0 Å². The number of amides is 1. The number of rotatable bonds is 6. The first-order valence-electron chi connectivity index (χ1n) is 7.50. The summed E-state index contributed by atoms with van der Waals surface area (Å²) in [4.78, 5) is 18.4. The van der Waals surface area contributed by atoms with Crippen LogP contribution in [0.25, 0.3) is 0 Å². The van der Waals surface area contributed by atoms with Crippen LogP contribution in [-0.2, 0) is 13.0 Å². The lowest BCUT2D eigenvalue weighted by Gasteiger charge is -2.19. The topological polar surface area (TPSA) is 79.5 Å². The number of carbonyl (C=O) groups is 1. The van der Waals surface area contributed by atoms with Gasteiger partial charge < -0.3 is 14.5 Å². The minimum Gasteiger partial charge on any atom is -0.507 e. The molecule has 1 aromatic carbocycles. The van der Waals surface area contributed by atoms with Crippen LogP contribution in [0.1, 0.15) is 42.8 Å². The van der Waals surface area contributed by atoms with Crippen LogP contribution in [0.3, 0.4) is 0 Å². The molecule has 1 N–H and O–H groups in total. The summed E-state index contributed by atoms with van der Waals surface area (Å²) < 4.78 is 5.18. The number of aromatic nitrogens is 2. The largest absolute Gasteiger partial charge is 0.507 e. The molecule has 0 aliphatic heterocycles. The highest BCUT2D eigenvalue weighted by Gasteiger charge is 2.20. The second-order valence-electron chi connectivity index (χ2n) is 5.68. The van der Waals surface area contributed by atoms with Crippen molar-refractivity contribution in [3.05, 3.63) is 40.5 Å². The number of benzene rings is 1. The molecule has 1 amide bonds. The molecule has 2 aromatic rings. The van der Waals surface area contributed by atoms with E-state index >= 15 is 0 Å². The summed E-state index contributed by atoms with van der Waals surface area (Å²) in [6.07, 6.45) is 0.699. The lowest BCUT2D eigenvalue weighted by molar-refractivity contribution is 0.0744. The van der Waals surface area contributed by atoms with Crippen molar-refractivity contribution in [2.24, 2.45) is 5.92 Å². The predicted molar refractivity (Wildman–Crippen MR) is 86.4 cm³/mol. The maximum atomic E-state index is 12.5. The summed E-state index contributed by atoms with van der Waals surface area (Å²) in [5.74, 6) is 0.974. The molecule has 0 radical (unpaired) electrons. The molecule has 0 saturated heterocycles. The number of hydrogen-bond donors (Lipinski definition) is 1. The Balaban J connectivity index is 2.12. The van der Waals surface area contributed by atoms with Gasteiger partial charge in [0, 0.05) is 18.0 Å². The molecule has 0 unspecified atom stereocenters. The maximum absolute atomic E-state index is 12.5.